The smallest absolute Gasteiger partial charge is 0.123 e. The Morgan fingerprint density at radius 2 is 2.11 bits per heavy atom. The molecule has 1 aromatic carbocycles. The molecule has 0 radical (unpaired) electrons. The maximum absolute atomic E-state index is 13.4. The Kier molecular flexibility index (Phi) is 6.81. The Morgan fingerprint density at radius 1 is 1.37 bits per heavy atom. The first-order chi connectivity index (χ1) is 9.08. The molecule has 0 unspecified atom stereocenters. The molecule has 3 nitrogen and oxygen atoms in total. The van der Waals surface area contributed by atoms with Crippen molar-refractivity contribution in [3.8, 4) is 0 Å². The molecule has 0 aliphatic rings. The number of benzene rings is 1. The molecular formula is C15H25FN2O. The maximum atomic E-state index is 13.4. The van der Waals surface area contributed by atoms with Crippen LogP contribution < -0.4 is 10.2 Å². The number of nitrogens with zero attached hydrogens (tertiary/aromatic N) is 1. The fraction of sp³-hybridized carbons (Fsp3) is 0.600. The first-order valence-corrected chi connectivity index (χ1v) is 6.84. The van der Waals surface area contributed by atoms with Crippen LogP contribution in [0.5, 0.6) is 0 Å². The Morgan fingerprint density at radius 3 is 2.68 bits per heavy atom. The van der Waals surface area contributed by atoms with Crippen LogP contribution in [0.1, 0.15) is 26.3 Å². The molecule has 0 aromatic heterocycles. The van der Waals surface area contributed by atoms with Gasteiger partial charge in [0.05, 0.1) is 6.61 Å². The quantitative estimate of drug-likeness (QED) is 0.784. The molecule has 0 saturated heterocycles. The van der Waals surface area contributed by atoms with Crippen molar-refractivity contribution in [3.05, 3.63) is 29.6 Å². The number of nitrogens with one attached hydrogen (secondary N) is 1. The van der Waals surface area contributed by atoms with E-state index < -0.39 is 0 Å². The molecule has 1 rings (SSSR count). The molecule has 0 aliphatic heterocycles. The molecule has 108 valence electrons. The van der Waals surface area contributed by atoms with E-state index in [0.717, 1.165) is 24.3 Å². The number of hydrogen-bond acceptors (Lipinski definition) is 3. The van der Waals surface area contributed by atoms with Gasteiger partial charge in [-0.1, -0.05) is 13.8 Å². The summed E-state index contributed by atoms with van der Waals surface area (Å²) in [4.78, 5) is 2.21. The van der Waals surface area contributed by atoms with Gasteiger partial charge < -0.3 is 15.0 Å². The zero-order chi connectivity index (χ0) is 14.3. The zero-order valence-corrected chi connectivity index (χ0v) is 12.4. The minimum Gasteiger partial charge on any atom is -0.383 e. The lowest BCUT2D eigenvalue weighted by Gasteiger charge is -2.26. The van der Waals surface area contributed by atoms with Gasteiger partial charge in [0.25, 0.3) is 0 Å². The number of likely N-dealkylation sites (N-methyl/N-ethyl adjacent to an activating group) is 1. The second-order valence-corrected chi connectivity index (χ2v) is 4.88. The second kappa shape index (κ2) is 8.12. The number of hydrogen-bond donors (Lipinski definition) is 1. The van der Waals surface area contributed by atoms with Crippen molar-refractivity contribution in [1.29, 1.82) is 0 Å². The third-order valence-corrected chi connectivity index (χ3v) is 3.03. The summed E-state index contributed by atoms with van der Waals surface area (Å²) in [6.07, 6.45) is 0. The molecule has 19 heavy (non-hydrogen) atoms. The Labute approximate surface area is 115 Å². The van der Waals surface area contributed by atoms with Crippen LogP contribution in [0.25, 0.3) is 0 Å². The van der Waals surface area contributed by atoms with Gasteiger partial charge in [-0.3, -0.25) is 0 Å². The fourth-order valence-corrected chi connectivity index (χ4v) is 1.97. The summed E-state index contributed by atoms with van der Waals surface area (Å²) in [5.41, 5.74) is 2.07. The molecule has 4 heteroatoms. The van der Waals surface area contributed by atoms with Crippen LogP contribution in [0.15, 0.2) is 18.2 Å². The molecule has 1 aromatic rings. The van der Waals surface area contributed by atoms with E-state index in [9.17, 15) is 4.39 Å². The van der Waals surface area contributed by atoms with Crippen LogP contribution in [0.3, 0.4) is 0 Å². The fourth-order valence-electron chi connectivity index (χ4n) is 1.97. The predicted octanol–water partition coefficient (Wildman–Crippen LogP) is 2.80. The van der Waals surface area contributed by atoms with Crippen molar-refractivity contribution < 1.29 is 9.13 Å². The number of rotatable bonds is 8. The molecular weight excluding hydrogens is 243 g/mol. The second-order valence-electron chi connectivity index (χ2n) is 4.88. The van der Waals surface area contributed by atoms with Crippen LogP contribution in [-0.4, -0.2) is 32.8 Å². The summed E-state index contributed by atoms with van der Waals surface area (Å²) in [7, 11) is 1.69. The van der Waals surface area contributed by atoms with Gasteiger partial charge in [-0.05, 0) is 30.7 Å². The average Bonchev–Trinajstić information content (AvgIpc) is 2.38. The van der Waals surface area contributed by atoms with Crippen molar-refractivity contribution in [2.24, 2.45) is 0 Å². The SMILES string of the molecule is CCN(CCOC)c1ccc(F)cc1CNC(C)C. The van der Waals surface area contributed by atoms with Gasteiger partial charge in [-0.25, -0.2) is 4.39 Å². The van der Waals surface area contributed by atoms with E-state index in [1.54, 1.807) is 13.2 Å². The normalized spacial score (nSPS) is 11.1. The van der Waals surface area contributed by atoms with Gasteiger partial charge in [0.1, 0.15) is 5.82 Å². The Balaban J connectivity index is 2.89. The summed E-state index contributed by atoms with van der Waals surface area (Å²) in [6.45, 7) is 9.30. The van der Waals surface area contributed by atoms with Gasteiger partial charge >= 0.3 is 0 Å². The highest BCUT2D eigenvalue weighted by Crippen LogP contribution is 2.21. The molecule has 0 aliphatic carbocycles. The summed E-state index contributed by atoms with van der Waals surface area (Å²) in [5, 5.41) is 3.34. The number of ether oxygens (including phenoxy) is 1. The first kappa shape index (κ1) is 15.9. The van der Waals surface area contributed by atoms with Gasteiger partial charge in [0.2, 0.25) is 0 Å². The molecule has 0 atom stereocenters. The van der Waals surface area contributed by atoms with Gasteiger partial charge in [-0.2, -0.15) is 0 Å². The monoisotopic (exact) mass is 268 g/mol. The van der Waals surface area contributed by atoms with Crippen LogP contribution in [0.4, 0.5) is 10.1 Å². The standard InChI is InChI=1S/C15H25FN2O/c1-5-18(8-9-19-4)15-7-6-14(16)10-13(15)11-17-12(2)3/h6-7,10,12,17H,5,8-9,11H2,1-4H3. The summed E-state index contributed by atoms with van der Waals surface area (Å²) >= 11 is 0. The number of methoxy groups -OCH3 is 1. The lowest BCUT2D eigenvalue weighted by molar-refractivity contribution is 0.205. The van der Waals surface area contributed by atoms with E-state index in [4.69, 9.17) is 4.74 Å². The molecule has 0 amide bonds. The highest BCUT2D eigenvalue weighted by Gasteiger charge is 2.11. The lowest BCUT2D eigenvalue weighted by atomic mass is 10.1. The summed E-state index contributed by atoms with van der Waals surface area (Å²) < 4.78 is 18.5. The van der Waals surface area contributed by atoms with Crippen molar-refractivity contribution in [2.75, 3.05) is 31.7 Å². The van der Waals surface area contributed by atoms with Gasteiger partial charge in [0, 0.05) is 38.5 Å². The average molecular weight is 268 g/mol. The Hall–Kier alpha value is -1.13. The van der Waals surface area contributed by atoms with E-state index in [0.29, 0.717) is 19.2 Å². The largest absolute Gasteiger partial charge is 0.383 e. The van der Waals surface area contributed by atoms with Crippen molar-refractivity contribution >= 4 is 5.69 Å². The van der Waals surface area contributed by atoms with Gasteiger partial charge in [0.15, 0.2) is 0 Å². The zero-order valence-electron chi connectivity index (χ0n) is 12.4. The van der Waals surface area contributed by atoms with E-state index in [-0.39, 0.29) is 5.82 Å². The van der Waals surface area contributed by atoms with E-state index in [1.165, 1.54) is 6.07 Å². The van der Waals surface area contributed by atoms with E-state index >= 15 is 0 Å². The van der Waals surface area contributed by atoms with Crippen molar-refractivity contribution in [2.45, 2.75) is 33.4 Å². The van der Waals surface area contributed by atoms with E-state index in [2.05, 4.69) is 31.0 Å². The molecule has 0 heterocycles. The third kappa shape index (κ3) is 5.17. The highest BCUT2D eigenvalue weighted by molar-refractivity contribution is 5.53. The van der Waals surface area contributed by atoms with Crippen LogP contribution >= 0.6 is 0 Å². The van der Waals surface area contributed by atoms with Crippen molar-refractivity contribution in [1.82, 2.24) is 5.32 Å². The van der Waals surface area contributed by atoms with Crippen molar-refractivity contribution in [3.63, 3.8) is 0 Å². The number of halogens is 1. The number of anilines is 1. The first-order valence-electron chi connectivity index (χ1n) is 6.84. The highest BCUT2D eigenvalue weighted by atomic mass is 19.1. The molecule has 0 saturated carbocycles. The molecule has 0 spiro atoms. The van der Waals surface area contributed by atoms with Crippen LogP contribution in [-0.2, 0) is 11.3 Å². The van der Waals surface area contributed by atoms with Gasteiger partial charge in [-0.15, -0.1) is 0 Å². The van der Waals surface area contributed by atoms with Crippen LogP contribution in [0.2, 0.25) is 0 Å². The minimum absolute atomic E-state index is 0.188. The molecule has 1 N–H and O–H groups in total. The topological polar surface area (TPSA) is 24.5 Å². The summed E-state index contributed by atoms with van der Waals surface area (Å²) in [5.74, 6) is -0.188. The Bertz CT molecular complexity index is 382. The van der Waals surface area contributed by atoms with Crippen LogP contribution in [0, 0.1) is 5.82 Å². The van der Waals surface area contributed by atoms with E-state index in [1.807, 2.05) is 6.07 Å². The molecule has 0 fully saturated rings. The summed E-state index contributed by atoms with van der Waals surface area (Å²) in [6, 6.07) is 5.36. The minimum atomic E-state index is -0.188. The molecule has 0 bridgehead atoms. The third-order valence-electron chi connectivity index (χ3n) is 3.03. The predicted molar refractivity (Wildman–Crippen MR) is 78.1 cm³/mol. The maximum Gasteiger partial charge on any atom is 0.123 e. The lowest BCUT2D eigenvalue weighted by Crippen LogP contribution is -2.29.